The number of hydrogen-bond donors (Lipinski definition) is 2. The Morgan fingerprint density at radius 3 is 2.52 bits per heavy atom. The quantitative estimate of drug-likeness (QED) is 0.737. The van der Waals surface area contributed by atoms with E-state index in [1.165, 1.54) is 51.7 Å². The molecule has 0 spiro atoms. The highest BCUT2D eigenvalue weighted by Crippen LogP contribution is 2.19. The number of amides is 1. The van der Waals surface area contributed by atoms with Gasteiger partial charge >= 0.3 is 6.09 Å². The molecule has 2 N–H and O–H groups in total. The Morgan fingerprint density at radius 1 is 1.13 bits per heavy atom. The highest BCUT2D eigenvalue weighted by Gasteiger charge is 2.25. The Hall–Kier alpha value is -0.810. The summed E-state index contributed by atoms with van der Waals surface area (Å²) in [5.74, 6) is 0. The summed E-state index contributed by atoms with van der Waals surface area (Å²) in [5, 5.41) is 6.71. The van der Waals surface area contributed by atoms with E-state index in [-0.39, 0.29) is 12.1 Å². The molecule has 1 heterocycles. The fourth-order valence-electron chi connectivity index (χ4n) is 3.60. The molecular formula is C18H35N3O2. The molecule has 0 aromatic heterocycles. The second-order valence-corrected chi connectivity index (χ2v) is 8.06. The summed E-state index contributed by atoms with van der Waals surface area (Å²) in [7, 11) is 0. The van der Waals surface area contributed by atoms with Gasteiger partial charge in [0.25, 0.3) is 0 Å². The normalized spacial score (nSPS) is 26.2. The van der Waals surface area contributed by atoms with Gasteiger partial charge in [-0.25, -0.2) is 4.79 Å². The van der Waals surface area contributed by atoms with Crippen LogP contribution in [0.2, 0.25) is 0 Å². The van der Waals surface area contributed by atoms with Gasteiger partial charge in [0, 0.05) is 12.1 Å². The van der Waals surface area contributed by atoms with E-state index < -0.39 is 5.60 Å². The third-order valence-corrected chi connectivity index (χ3v) is 4.68. The summed E-state index contributed by atoms with van der Waals surface area (Å²) < 4.78 is 5.36. The lowest BCUT2D eigenvalue weighted by Crippen LogP contribution is -2.46. The van der Waals surface area contributed by atoms with Crippen molar-refractivity contribution in [3.05, 3.63) is 0 Å². The van der Waals surface area contributed by atoms with Crippen molar-refractivity contribution < 1.29 is 9.53 Å². The average molecular weight is 325 g/mol. The topological polar surface area (TPSA) is 53.6 Å². The molecule has 23 heavy (non-hydrogen) atoms. The van der Waals surface area contributed by atoms with Gasteiger partial charge in [0.05, 0.1) is 0 Å². The zero-order chi connectivity index (χ0) is 16.7. The second-order valence-electron chi connectivity index (χ2n) is 8.06. The lowest BCUT2D eigenvalue weighted by atomic mass is 9.91. The molecule has 1 saturated carbocycles. The zero-order valence-corrected chi connectivity index (χ0v) is 15.2. The Morgan fingerprint density at radius 2 is 1.83 bits per heavy atom. The van der Waals surface area contributed by atoms with Crippen molar-refractivity contribution >= 4 is 6.09 Å². The average Bonchev–Trinajstić information content (AvgIpc) is 2.95. The molecular weight excluding hydrogens is 290 g/mol. The number of carbonyl (C=O) groups excluding carboxylic acids is 1. The maximum Gasteiger partial charge on any atom is 0.407 e. The van der Waals surface area contributed by atoms with Crippen molar-refractivity contribution in [1.82, 2.24) is 15.5 Å². The van der Waals surface area contributed by atoms with E-state index in [2.05, 4.69) is 15.5 Å². The number of alkyl carbamates (subject to hydrolysis) is 1. The van der Waals surface area contributed by atoms with Crippen molar-refractivity contribution in [2.75, 3.05) is 26.2 Å². The van der Waals surface area contributed by atoms with Crippen LogP contribution in [-0.2, 0) is 4.74 Å². The van der Waals surface area contributed by atoms with Gasteiger partial charge in [0.1, 0.15) is 5.60 Å². The third kappa shape index (κ3) is 7.53. The Kier molecular flexibility index (Phi) is 7.15. The monoisotopic (exact) mass is 325 g/mol. The smallest absolute Gasteiger partial charge is 0.407 e. The van der Waals surface area contributed by atoms with Crippen LogP contribution in [-0.4, -0.2) is 54.9 Å². The fourth-order valence-corrected chi connectivity index (χ4v) is 3.60. The molecule has 0 aromatic carbocycles. The minimum Gasteiger partial charge on any atom is -0.444 e. The Balaban J connectivity index is 1.60. The van der Waals surface area contributed by atoms with Crippen LogP contribution in [0.25, 0.3) is 0 Å². The lowest BCUT2D eigenvalue weighted by molar-refractivity contribution is 0.0488. The van der Waals surface area contributed by atoms with Crippen LogP contribution >= 0.6 is 0 Å². The van der Waals surface area contributed by atoms with Crippen molar-refractivity contribution in [2.45, 2.75) is 83.4 Å². The SMILES string of the molecule is CC(C)(C)OC(=O)NC1CCCC(NCCCN2CCCC2)C1. The number of rotatable bonds is 6. The van der Waals surface area contributed by atoms with Crippen LogP contribution < -0.4 is 10.6 Å². The molecule has 1 saturated heterocycles. The first kappa shape index (κ1) is 18.5. The fraction of sp³-hybridized carbons (Fsp3) is 0.944. The lowest BCUT2D eigenvalue weighted by Gasteiger charge is -2.31. The van der Waals surface area contributed by atoms with Crippen LogP contribution in [0.4, 0.5) is 4.79 Å². The number of carbonyl (C=O) groups is 1. The number of nitrogens with one attached hydrogen (secondary N) is 2. The minimum absolute atomic E-state index is 0.245. The summed E-state index contributed by atoms with van der Waals surface area (Å²) in [5.41, 5.74) is -0.425. The standard InChI is InChI=1S/C18H35N3O2/c1-18(2,3)23-17(22)20-16-9-6-8-15(14-16)19-10-7-13-21-11-4-5-12-21/h15-16,19H,4-14H2,1-3H3,(H,20,22). The van der Waals surface area contributed by atoms with E-state index in [9.17, 15) is 4.79 Å². The summed E-state index contributed by atoms with van der Waals surface area (Å²) in [6.45, 7) is 10.6. The van der Waals surface area contributed by atoms with Gasteiger partial charge < -0.3 is 20.3 Å². The Bertz CT molecular complexity index is 362. The molecule has 2 unspecified atom stereocenters. The molecule has 5 heteroatoms. The molecule has 2 fully saturated rings. The first-order chi connectivity index (χ1) is 10.9. The molecule has 0 radical (unpaired) electrons. The first-order valence-electron chi connectivity index (χ1n) is 9.37. The van der Waals surface area contributed by atoms with Crippen LogP contribution in [0, 0.1) is 0 Å². The van der Waals surface area contributed by atoms with Crippen molar-refractivity contribution in [3.8, 4) is 0 Å². The first-order valence-corrected chi connectivity index (χ1v) is 9.37. The maximum atomic E-state index is 11.9. The number of ether oxygens (including phenoxy) is 1. The highest BCUT2D eigenvalue weighted by molar-refractivity contribution is 5.68. The minimum atomic E-state index is -0.425. The van der Waals surface area contributed by atoms with E-state index in [1.807, 2.05) is 20.8 Å². The van der Waals surface area contributed by atoms with Gasteiger partial charge in [-0.05, 0) is 91.9 Å². The summed E-state index contributed by atoms with van der Waals surface area (Å²) in [6, 6.07) is 0.775. The van der Waals surface area contributed by atoms with Gasteiger partial charge in [-0.1, -0.05) is 0 Å². The van der Waals surface area contributed by atoms with E-state index in [1.54, 1.807) is 0 Å². The van der Waals surface area contributed by atoms with Gasteiger partial charge in [0.2, 0.25) is 0 Å². The van der Waals surface area contributed by atoms with E-state index in [4.69, 9.17) is 4.74 Å². The van der Waals surface area contributed by atoms with Gasteiger partial charge in [-0.15, -0.1) is 0 Å². The highest BCUT2D eigenvalue weighted by atomic mass is 16.6. The predicted molar refractivity (Wildman–Crippen MR) is 93.7 cm³/mol. The van der Waals surface area contributed by atoms with Gasteiger partial charge in [-0.3, -0.25) is 0 Å². The van der Waals surface area contributed by atoms with E-state index in [0.29, 0.717) is 6.04 Å². The summed E-state index contributed by atoms with van der Waals surface area (Å²) in [6.07, 6.45) is 8.15. The molecule has 0 bridgehead atoms. The molecule has 0 aromatic rings. The van der Waals surface area contributed by atoms with Crippen LogP contribution in [0.3, 0.4) is 0 Å². The molecule has 2 atom stereocenters. The van der Waals surface area contributed by atoms with E-state index >= 15 is 0 Å². The Labute approximate surface area is 141 Å². The van der Waals surface area contributed by atoms with E-state index in [0.717, 1.165) is 19.4 Å². The van der Waals surface area contributed by atoms with Crippen LogP contribution in [0.1, 0.15) is 65.7 Å². The summed E-state index contributed by atoms with van der Waals surface area (Å²) in [4.78, 5) is 14.4. The zero-order valence-electron chi connectivity index (χ0n) is 15.2. The molecule has 134 valence electrons. The third-order valence-electron chi connectivity index (χ3n) is 4.68. The maximum absolute atomic E-state index is 11.9. The molecule has 2 rings (SSSR count). The van der Waals surface area contributed by atoms with Gasteiger partial charge in [0.15, 0.2) is 0 Å². The number of likely N-dealkylation sites (tertiary alicyclic amines) is 1. The molecule has 5 nitrogen and oxygen atoms in total. The summed E-state index contributed by atoms with van der Waals surface area (Å²) >= 11 is 0. The molecule has 1 amide bonds. The second kappa shape index (κ2) is 8.88. The van der Waals surface area contributed by atoms with Crippen molar-refractivity contribution in [1.29, 1.82) is 0 Å². The largest absolute Gasteiger partial charge is 0.444 e. The van der Waals surface area contributed by atoms with Crippen molar-refractivity contribution in [3.63, 3.8) is 0 Å². The van der Waals surface area contributed by atoms with Crippen molar-refractivity contribution in [2.24, 2.45) is 0 Å². The molecule has 2 aliphatic rings. The molecule has 1 aliphatic carbocycles. The molecule has 1 aliphatic heterocycles. The number of nitrogens with zero attached hydrogens (tertiary/aromatic N) is 1. The van der Waals surface area contributed by atoms with Crippen LogP contribution in [0.15, 0.2) is 0 Å². The number of hydrogen-bond acceptors (Lipinski definition) is 4. The predicted octanol–water partition coefficient (Wildman–Crippen LogP) is 2.90. The van der Waals surface area contributed by atoms with Gasteiger partial charge in [-0.2, -0.15) is 0 Å². The van der Waals surface area contributed by atoms with Crippen LogP contribution in [0.5, 0.6) is 0 Å².